The third-order valence-corrected chi connectivity index (χ3v) is 4.42. The first kappa shape index (κ1) is 17.3. The van der Waals surface area contributed by atoms with Crippen LogP contribution in [-0.4, -0.2) is 33.4 Å². The summed E-state index contributed by atoms with van der Waals surface area (Å²) in [5, 5.41) is 10.2. The van der Waals surface area contributed by atoms with Crippen LogP contribution >= 0.6 is 11.6 Å². The van der Waals surface area contributed by atoms with Crippen LogP contribution in [-0.2, 0) is 4.74 Å². The summed E-state index contributed by atoms with van der Waals surface area (Å²) in [6, 6.07) is 15.5. The summed E-state index contributed by atoms with van der Waals surface area (Å²) in [7, 11) is 1.64. The zero-order valence-corrected chi connectivity index (χ0v) is 14.8. The molecule has 0 amide bonds. The van der Waals surface area contributed by atoms with Gasteiger partial charge in [0.25, 0.3) is 0 Å². The number of hydrogen-bond acceptors (Lipinski definition) is 4. The van der Waals surface area contributed by atoms with Crippen LogP contribution in [0.2, 0.25) is 5.02 Å². The molecule has 0 radical (unpaired) electrons. The minimum Gasteiger partial charge on any atom is -0.496 e. The Labute approximate surface area is 152 Å². The maximum atomic E-state index is 9.52. The molecule has 1 fully saturated rings. The Morgan fingerprint density at radius 1 is 1.20 bits per heavy atom. The van der Waals surface area contributed by atoms with Crippen molar-refractivity contribution in [3.63, 3.8) is 0 Å². The number of morpholine rings is 1. The van der Waals surface area contributed by atoms with E-state index in [1.807, 2.05) is 30.3 Å². The highest BCUT2D eigenvalue weighted by molar-refractivity contribution is 6.30. The molecule has 0 aliphatic carbocycles. The van der Waals surface area contributed by atoms with Crippen molar-refractivity contribution in [3.05, 3.63) is 58.6 Å². The van der Waals surface area contributed by atoms with Gasteiger partial charge in [0.1, 0.15) is 5.75 Å². The molecule has 2 aromatic carbocycles. The van der Waals surface area contributed by atoms with Gasteiger partial charge >= 0.3 is 0 Å². The number of halogens is 1. The molecular formula is C20H19ClN2O2. The highest BCUT2D eigenvalue weighted by Gasteiger charge is 2.13. The minimum absolute atomic E-state index is 0.564. The third-order valence-electron chi connectivity index (χ3n) is 4.17. The summed E-state index contributed by atoms with van der Waals surface area (Å²) in [5.41, 5.74) is 3.36. The van der Waals surface area contributed by atoms with Crippen LogP contribution in [0.3, 0.4) is 0 Å². The van der Waals surface area contributed by atoms with Gasteiger partial charge in [0, 0.05) is 35.4 Å². The van der Waals surface area contributed by atoms with Crippen molar-refractivity contribution < 1.29 is 9.47 Å². The molecule has 0 aromatic heterocycles. The monoisotopic (exact) mass is 354 g/mol. The Morgan fingerprint density at radius 3 is 2.56 bits per heavy atom. The molecule has 1 aliphatic rings. The molecule has 0 spiro atoms. The Kier molecular flexibility index (Phi) is 5.60. The van der Waals surface area contributed by atoms with Gasteiger partial charge < -0.3 is 14.4 Å². The van der Waals surface area contributed by atoms with Gasteiger partial charge in [-0.25, -0.2) is 0 Å². The van der Waals surface area contributed by atoms with Crippen LogP contribution in [0.1, 0.15) is 11.1 Å². The molecule has 0 N–H and O–H groups in total. The molecule has 1 heterocycles. The first-order valence-corrected chi connectivity index (χ1v) is 8.47. The first-order valence-electron chi connectivity index (χ1n) is 8.10. The van der Waals surface area contributed by atoms with E-state index in [9.17, 15) is 5.26 Å². The lowest BCUT2D eigenvalue weighted by molar-refractivity contribution is 0.122. The van der Waals surface area contributed by atoms with Crippen molar-refractivity contribution in [1.29, 1.82) is 5.26 Å². The highest BCUT2D eigenvalue weighted by Crippen LogP contribution is 2.30. The number of methoxy groups -OCH3 is 1. The van der Waals surface area contributed by atoms with Gasteiger partial charge in [-0.1, -0.05) is 23.7 Å². The van der Waals surface area contributed by atoms with E-state index >= 15 is 0 Å². The second kappa shape index (κ2) is 8.06. The topological polar surface area (TPSA) is 45.5 Å². The number of anilines is 1. The number of benzene rings is 2. The van der Waals surface area contributed by atoms with Crippen molar-refractivity contribution in [2.45, 2.75) is 0 Å². The van der Waals surface area contributed by atoms with Crippen LogP contribution in [0.15, 0.2) is 42.5 Å². The Morgan fingerprint density at radius 2 is 1.92 bits per heavy atom. The Hall–Kier alpha value is -2.48. The molecule has 4 nitrogen and oxygen atoms in total. The normalized spacial score (nSPS) is 14.9. The number of ether oxygens (including phenoxy) is 2. The van der Waals surface area contributed by atoms with E-state index in [0.717, 1.165) is 48.9 Å². The summed E-state index contributed by atoms with van der Waals surface area (Å²) in [5.74, 6) is 0.741. The summed E-state index contributed by atoms with van der Waals surface area (Å²) >= 11 is 5.92. The summed E-state index contributed by atoms with van der Waals surface area (Å²) in [6.07, 6.45) is 1.84. The predicted octanol–water partition coefficient (Wildman–Crippen LogP) is 4.25. The number of rotatable bonds is 4. The van der Waals surface area contributed by atoms with E-state index in [1.54, 1.807) is 19.2 Å². The molecule has 0 unspecified atom stereocenters. The zero-order chi connectivity index (χ0) is 17.6. The highest BCUT2D eigenvalue weighted by atomic mass is 35.5. The summed E-state index contributed by atoms with van der Waals surface area (Å²) in [4.78, 5) is 2.27. The summed E-state index contributed by atoms with van der Waals surface area (Å²) in [6.45, 7) is 3.21. The van der Waals surface area contributed by atoms with Gasteiger partial charge in [-0.3, -0.25) is 0 Å². The molecule has 128 valence electrons. The number of allylic oxidation sites excluding steroid dienone is 1. The van der Waals surface area contributed by atoms with Crippen molar-refractivity contribution in [2.24, 2.45) is 0 Å². The second-order valence-corrected chi connectivity index (χ2v) is 6.14. The quantitative estimate of drug-likeness (QED) is 0.608. The molecule has 0 bridgehead atoms. The molecule has 0 atom stereocenters. The van der Waals surface area contributed by atoms with E-state index in [0.29, 0.717) is 10.6 Å². The zero-order valence-electron chi connectivity index (χ0n) is 14.0. The molecule has 3 rings (SSSR count). The molecular weight excluding hydrogens is 336 g/mol. The first-order chi connectivity index (χ1) is 12.2. The Balaban J connectivity index is 1.92. The predicted molar refractivity (Wildman–Crippen MR) is 101 cm³/mol. The fourth-order valence-electron chi connectivity index (χ4n) is 2.80. The van der Waals surface area contributed by atoms with Crippen LogP contribution in [0.25, 0.3) is 11.6 Å². The van der Waals surface area contributed by atoms with Gasteiger partial charge in [-0.15, -0.1) is 0 Å². The van der Waals surface area contributed by atoms with Crippen LogP contribution in [0.5, 0.6) is 5.75 Å². The lowest BCUT2D eigenvalue weighted by atomic mass is 10.0. The van der Waals surface area contributed by atoms with Crippen molar-refractivity contribution in [3.8, 4) is 11.8 Å². The summed E-state index contributed by atoms with van der Waals surface area (Å²) < 4.78 is 10.9. The minimum atomic E-state index is 0.564. The largest absolute Gasteiger partial charge is 0.496 e. The van der Waals surface area contributed by atoms with Gasteiger partial charge in [0.2, 0.25) is 0 Å². The van der Waals surface area contributed by atoms with Crippen molar-refractivity contribution >= 4 is 28.9 Å². The number of nitriles is 1. The van der Waals surface area contributed by atoms with Gasteiger partial charge in [-0.2, -0.15) is 5.26 Å². The fourth-order valence-corrected chi connectivity index (χ4v) is 2.93. The average Bonchev–Trinajstić information content (AvgIpc) is 2.67. The van der Waals surface area contributed by atoms with Gasteiger partial charge in [0.05, 0.1) is 32.0 Å². The van der Waals surface area contributed by atoms with Crippen LogP contribution in [0, 0.1) is 11.3 Å². The average molecular weight is 355 g/mol. The lowest BCUT2D eigenvalue weighted by Crippen LogP contribution is -2.36. The Bertz CT molecular complexity index is 803. The standard InChI is InChI=1S/C20H19ClN2O2/c1-24-20-13-19(23-8-10-25-11-9-23)7-4-16(20)12-17(14-22)15-2-5-18(21)6-3-15/h2-7,12-13H,8-11H2,1H3/b17-12-. The van der Waals surface area contributed by atoms with E-state index in [-0.39, 0.29) is 0 Å². The lowest BCUT2D eigenvalue weighted by Gasteiger charge is -2.29. The van der Waals surface area contributed by atoms with Gasteiger partial charge in [-0.05, 0) is 35.9 Å². The van der Waals surface area contributed by atoms with Crippen LogP contribution < -0.4 is 9.64 Å². The van der Waals surface area contributed by atoms with E-state index in [1.165, 1.54) is 0 Å². The van der Waals surface area contributed by atoms with E-state index in [4.69, 9.17) is 21.1 Å². The van der Waals surface area contributed by atoms with E-state index in [2.05, 4.69) is 17.0 Å². The number of nitrogens with zero attached hydrogens (tertiary/aromatic N) is 2. The SMILES string of the molecule is COc1cc(N2CCOCC2)ccc1/C=C(/C#N)c1ccc(Cl)cc1. The maximum Gasteiger partial charge on any atom is 0.128 e. The maximum absolute atomic E-state index is 9.52. The molecule has 1 aliphatic heterocycles. The van der Waals surface area contributed by atoms with Crippen molar-refractivity contribution in [2.75, 3.05) is 38.3 Å². The molecule has 25 heavy (non-hydrogen) atoms. The van der Waals surface area contributed by atoms with E-state index < -0.39 is 0 Å². The second-order valence-electron chi connectivity index (χ2n) is 5.70. The van der Waals surface area contributed by atoms with Crippen LogP contribution in [0.4, 0.5) is 5.69 Å². The molecule has 0 saturated carbocycles. The van der Waals surface area contributed by atoms with Gasteiger partial charge in [0.15, 0.2) is 0 Å². The van der Waals surface area contributed by atoms with Crippen molar-refractivity contribution in [1.82, 2.24) is 0 Å². The number of hydrogen-bond donors (Lipinski definition) is 0. The molecule has 5 heteroatoms. The molecule has 2 aromatic rings. The molecule has 1 saturated heterocycles. The third kappa shape index (κ3) is 4.14. The smallest absolute Gasteiger partial charge is 0.128 e. The fraction of sp³-hybridized carbons (Fsp3) is 0.250.